The van der Waals surface area contributed by atoms with Gasteiger partial charge < -0.3 is 15.3 Å². The van der Waals surface area contributed by atoms with Crippen molar-refractivity contribution < 1.29 is 9.90 Å². The first-order chi connectivity index (χ1) is 10.2. The zero-order valence-corrected chi connectivity index (χ0v) is 12.3. The van der Waals surface area contributed by atoms with E-state index in [1.165, 1.54) is 11.3 Å². The number of amides is 1. The third-order valence-electron chi connectivity index (χ3n) is 4.30. The van der Waals surface area contributed by atoms with Crippen molar-refractivity contribution in [2.75, 3.05) is 44.2 Å². The molecular weight excluding hydrogens is 266 g/mol. The fourth-order valence-electron chi connectivity index (χ4n) is 3.18. The summed E-state index contributed by atoms with van der Waals surface area (Å²) in [6.07, 6.45) is 1.60. The molecule has 5 heteroatoms. The van der Waals surface area contributed by atoms with Crippen LogP contribution in [-0.2, 0) is 11.2 Å². The summed E-state index contributed by atoms with van der Waals surface area (Å²) < 4.78 is 0. The predicted octanol–water partition coefficient (Wildman–Crippen LogP) is 0.232. The van der Waals surface area contributed by atoms with E-state index in [-0.39, 0.29) is 12.0 Å². The number of carbonyl (C=O) groups is 1. The van der Waals surface area contributed by atoms with Crippen molar-refractivity contribution in [3.05, 3.63) is 29.8 Å². The molecule has 21 heavy (non-hydrogen) atoms. The van der Waals surface area contributed by atoms with Gasteiger partial charge in [0.05, 0.1) is 12.6 Å². The maximum atomic E-state index is 11.9. The number of hydrogen-bond donors (Lipinski definition) is 2. The summed E-state index contributed by atoms with van der Waals surface area (Å²) in [7, 11) is 0. The molecule has 114 valence electrons. The number of para-hydroxylation sites is 1. The van der Waals surface area contributed by atoms with Crippen molar-refractivity contribution in [2.45, 2.75) is 18.9 Å². The zero-order valence-electron chi connectivity index (χ0n) is 12.3. The van der Waals surface area contributed by atoms with Gasteiger partial charge in [-0.1, -0.05) is 18.2 Å². The Kier molecular flexibility index (Phi) is 4.41. The lowest BCUT2D eigenvalue weighted by Crippen LogP contribution is -2.40. The fourth-order valence-corrected chi connectivity index (χ4v) is 3.18. The predicted molar refractivity (Wildman–Crippen MR) is 82.4 cm³/mol. The van der Waals surface area contributed by atoms with Crippen LogP contribution in [0.15, 0.2) is 24.3 Å². The Bertz CT molecular complexity index is 506. The summed E-state index contributed by atoms with van der Waals surface area (Å²) in [5.74, 6) is 0.0524. The topological polar surface area (TPSA) is 55.8 Å². The van der Waals surface area contributed by atoms with Crippen LogP contribution in [0.1, 0.15) is 12.0 Å². The van der Waals surface area contributed by atoms with Crippen molar-refractivity contribution in [3.63, 3.8) is 0 Å². The van der Waals surface area contributed by atoms with Crippen LogP contribution in [0.25, 0.3) is 0 Å². The molecule has 1 aromatic carbocycles. The van der Waals surface area contributed by atoms with Gasteiger partial charge >= 0.3 is 0 Å². The highest BCUT2D eigenvalue weighted by Crippen LogP contribution is 2.26. The lowest BCUT2D eigenvalue weighted by molar-refractivity contribution is -0.122. The molecule has 1 atom stereocenters. The number of rotatable bonds is 5. The third kappa shape index (κ3) is 3.54. The van der Waals surface area contributed by atoms with Gasteiger partial charge in [0.2, 0.25) is 5.91 Å². The van der Waals surface area contributed by atoms with Crippen LogP contribution in [-0.4, -0.2) is 61.3 Å². The van der Waals surface area contributed by atoms with E-state index >= 15 is 0 Å². The van der Waals surface area contributed by atoms with Gasteiger partial charge in [0.1, 0.15) is 0 Å². The molecule has 5 nitrogen and oxygen atoms in total. The first-order valence-corrected chi connectivity index (χ1v) is 7.72. The maximum Gasteiger partial charge on any atom is 0.234 e. The average Bonchev–Trinajstić information content (AvgIpc) is 3.06. The van der Waals surface area contributed by atoms with Crippen LogP contribution in [0, 0.1) is 0 Å². The number of nitrogens with zero attached hydrogens (tertiary/aromatic N) is 2. The van der Waals surface area contributed by atoms with Gasteiger partial charge in [-0.3, -0.25) is 9.69 Å². The molecule has 2 aliphatic rings. The number of fused-ring (bicyclic) bond motifs is 1. The summed E-state index contributed by atoms with van der Waals surface area (Å²) in [4.78, 5) is 16.2. The first-order valence-electron chi connectivity index (χ1n) is 7.72. The van der Waals surface area contributed by atoms with E-state index in [0.717, 1.165) is 32.5 Å². The van der Waals surface area contributed by atoms with E-state index < -0.39 is 0 Å². The number of anilines is 1. The second-order valence-corrected chi connectivity index (χ2v) is 5.89. The molecule has 0 saturated carbocycles. The smallest absolute Gasteiger partial charge is 0.234 e. The van der Waals surface area contributed by atoms with Gasteiger partial charge in [0.25, 0.3) is 0 Å². The molecule has 1 amide bonds. The van der Waals surface area contributed by atoms with Crippen molar-refractivity contribution >= 4 is 11.6 Å². The molecule has 2 N–H and O–H groups in total. The average molecular weight is 289 g/mol. The quantitative estimate of drug-likeness (QED) is 0.815. The number of benzene rings is 1. The SMILES string of the molecule is O=C(CN1CCC(O)C1)NCCN1CCc2ccccc21. The van der Waals surface area contributed by atoms with E-state index in [0.29, 0.717) is 19.6 Å². The lowest BCUT2D eigenvalue weighted by Gasteiger charge is -2.20. The van der Waals surface area contributed by atoms with E-state index in [9.17, 15) is 9.90 Å². The Balaban J connectivity index is 1.40. The number of aliphatic hydroxyl groups is 1. The molecule has 1 unspecified atom stereocenters. The highest BCUT2D eigenvalue weighted by molar-refractivity contribution is 5.78. The Hall–Kier alpha value is -1.59. The molecule has 2 heterocycles. The second-order valence-electron chi connectivity index (χ2n) is 5.89. The van der Waals surface area contributed by atoms with Gasteiger partial charge in [-0.25, -0.2) is 0 Å². The molecule has 0 bridgehead atoms. The Morgan fingerprint density at radius 1 is 1.33 bits per heavy atom. The van der Waals surface area contributed by atoms with Crippen LogP contribution < -0.4 is 10.2 Å². The Morgan fingerprint density at radius 2 is 2.19 bits per heavy atom. The minimum atomic E-state index is -0.265. The van der Waals surface area contributed by atoms with E-state index in [1.807, 2.05) is 4.90 Å². The summed E-state index contributed by atoms with van der Waals surface area (Å²) >= 11 is 0. The second kappa shape index (κ2) is 6.45. The molecule has 2 aliphatic heterocycles. The van der Waals surface area contributed by atoms with Crippen LogP contribution in [0.3, 0.4) is 0 Å². The molecule has 0 spiro atoms. The largest absolute Gasteiger partial charge is 0.392 e. The van der Waals surface area contributed by atoms with Crippen molar-refractivity contribution in [1.82, 2.24) is 10.2 Å². The molecule has 0 aliphatic carbocycles. The standard InChI is InChI=1S/C16H23N3O2/c20-14-6-8-18(11-14)12-16(21)17-7-10-19-9-5-13-3-1-2-4-15(13)19/h1-4,14,20H,5-12H2,(H,17,21). The van der Waals surface area contributed by atoms with Crippen molar-refractivity contribution in [3.8, 4) is 0 Å². The molecule has 1 fully saturated rings. The normalized spacial score (nSPS) is 21.6. The number of nitrogens with one attached hydrogen (secondary N) is 1. The van der Waals surface area contributed by atoms with Crippen LogP contribution in [0.5, 0.6) is 0 Å². The van der Waals surface area contributed by atoms with Gasteiger partial charge in [-0.05, 0) is 24.5 Å². The highest BCUT2D eigenvalue weighted by atomic mass is 16.3. The van der Waals surface area contributed by atoms with Gasteiger partial charge in [0, 0.05) is 38.4 Å². The third-order valence-corrected chi connectivity index (χ3v) is 4.30. The maximum absolute atomic E-state index is 11.9. The molecule has 3 rings (SSSR count). The van der Waals surface area contributed by atoms with E-state index in [4.69, 9.17) is 0 Å². The highest BCUT2D eigenvalue weighted by Gasteiger charge is 2.22. The summed E-state index contributed by atoms with van der Waals surface area (Å²) in [5.41, 5.74) is 2.70. The molecule has 1 aromatic rings. The number of hydrogen-bond acceptors (Lipinski definition) is 4. The number of likely N-dealkylation sites (tertiary alicyclic amines) is 1. The number of aliphatic hydroxyl groups excluding tert-OH is 1. The molecule has 1 saturated heterocycles. The number of β-amino-alcohol motifs (C(OH)–C–C–N with tert-alkyl or cyclic N) is 1. The monoisotopic (exact) mass is 289 g/mol. The minimum Gasteiger partial charge on any atom is -0.392 e. The molecule has 0 aromatic heterocycles. The van der Waals surface area contributed by atoms with Crippen molar-refractivity contribution in [2.24, 2.45) is 0 Å². The van der Waals surface area contributed by atoms with Crippen molar-refractivity contribution in [1.29, 1.82) is 0 Å². The van der Waals surface area contributed by atoms with Gasteiger partial charge in [0.15, 0.2) is 0 Å². The Labute approximate surface area is 125 Å². The zero-order chi connectivity index (χ0) is 14.7. The number of carbonyl (C=O) groups excluding carboxylic acids is 1. The molecule has 0 radical (unpaired) electrons. The van der Waals surface area contributed by atoms with E-state index in [2.05, 4.69) is 34.5 Å². The Morgan fingerprint density at radius 3 is 3.00 bits per heavy atom. The fraction of sp³-hybridized carbons (Fsp3) is 0.562. The lowest BCUT2D eigenvalue weighted by atomic mass is 10.2. The van der Waals surface area contributed by atoms with Crippen LogP contribution in [0.2, 0.25) is 0 Å². The van der Waals surface area contributed by atoms with Gasteiger partial charge in [-0.2, -0.15) is 0 Å². The summed E-state index contributed by atoms with van der Waals surface area (Å²) in [5, 5.41) is 12.4. The van der Waals surface area contributed by atoms with Gasteiger partial charge in [-0.15, -0.1) is 0 Å². The minimum absolute atomic E-state index is 0.0524. The van der Waals surface area contributed by atoms with E-state index in [1.54, 1.807) is 0 Å². The first kappa shape index (κ1) is 14.4. The summed E-state index contributed by atoms with van der Waals surface area (Å²) in [6.45, 7) is 4.39. The molecular formula is C16H23N3O2. The van der Waals surface area contributed by atoms with Crippen LogP contribution >= 0.6 is 0 Å². The van der Waals surface area contributed by atoms with Crippen LogP contribution in [0.4, 0.5) is 5.69 Å². The summed E-state index contributed by atoms with van der Waals surface area (Å²) in [6, 6.07) is 8.46.